The number of H-pyrrole nitrogens is 1. The number of anilines is 1. The number of hydrogen-bond acceptors (Lipinski definition) is 5. The van der Waals surface area contributed by atoms with Gasteiger partial charge >= 0.3 is 5.97 Å². The predicted molar refractivity (Wildman–Crippen MR) is 101 cm³/mol. The van der Waals surface area contributed by atoms with Crippen molar-refractivity contribution in [1.82, 2.24) is 19.9 Å². The third-order valence-corrected chi connectivity index (χ3v) is 6.23. The lowest BCUT2D eigenvalue weighted by Crippen LogP contribution is -2.51. The van der Waals surface area contributed by atoms with Crippen molar-refractivity contribution >= 4 is 22.8 Å². The summed E-state index contributed by atoms with van der Waals surface area (Å²) in [5.74, 6) is -0.460. The van der Waals surface area contributed by atoms with Crippen LogP contribution in [0.4, 0.5) is 10.2 Å². The Kier molecular flexibility index (Phi) is 3.99. The van der Waals surface area contributed by atoms with Crippen LogP contribution in [0.2, 0.25) is 0 Å². The van der Waals surface area contributed by atoms with E-state index >= 15 is 0 Å². The van der Waals surface area contributed by atoms with Crippen molar-refractivity contribution < 1.29 is 14.3 Å². The monoisotopic (exact) mass is 381 g/mol. The highest BCUT2D eigenvalue weighted by Gasteiger charge is 2.47. The van der Waals surface area contributed by atoms with E-state index in [9.17, 15) is 14.3 Å². The second kappa shape index (κ2) is 6.54. The van der Waals surface area contributed by atoms with Crippen LogP contribution in [0.5, 0.6) is 0 Å². The van der Waals surface area contributed by atoms with Crippen molar-refractivity contribution in [3.05, 3.63) is 36.7 Å². The zero-order valence-corrected chi connectivity index (χ0v) is 15.1. The fourth-order valence-electron chi connectivity index (χ4n) is 4.94. The minimum Gasteiger partial charge on any atom is -0.481 e. The van der Waals surface area contributed by atoms with Crippen LogP contribution in [-0.4, -0.2) is 37.1 Å². The molecule has 2 atom stereocenters. The van der Waals surface area contributed by atoms with Gasteiger partial charge in [0.25, 0.3) is 0 Å². The summed E-state index contributed by atoms with van der Waals surface area (Å²) in [6.07, 6.45) is 10.2. The molecule has 0 aliphatic heterocycles. The van der Waals surface area contributed by atoms with Gasteiger partial charge in [0, 0.05) is 23.2 Å². The summed E-state index contributed by atoms with van der Waals surface area (Å²) in [5, 5.41) is 13.7. The van der Waals surface area contributed by atoms with Gasteiger partial charge in [0.05, 0.1) is 30.2 Å². The molecule has 8 heteroatoms. The fraction of sp³-hybridized carbons (Fsp3) is 0.400. The summed E-state index contributed by atoms with van der Waals surface area (Å²) in [4.78, 5) is 27.8. The molecular formula is C20H20FN5O2. The zero-order valence-electron chi connectivity index (χ0n) is 15.1. The van der Waals surface area contributed by atoms with Crippen molar-refractivity contribution in [2.75, 3.05) is 5.32 Å². The van der Waals surface area contributed by atoms with Crippen LogP contribution in [0.3, 0.4) is 0 Å². The molecule has 3 aromatic heterocycles. The molecule has 0 radical (unpaired) electrons. The molecule has 0 aromatic carbocycles. The lowest BCUT2D eigenvalue weighted by atomic mass is 9.61. The van der Waals surface area contributed by atoms with Crippen molar-refractivity contribution in [2.45, 2.75) is 31.7 Å². The first-order chi connectivity index (χ1) is 13.6. The number of nitrogens with zero attached hydrogens (tertiary/aromatic N) is 3. The van der Waals surface area contributed by atoms with E-state index in [1.807, 2.05) is 0 Å². The Hall–Kier alpha value is -3.03. The van der Waals surface area contributed by atoms with Crippen molar-refractivity contribution in [1.29, 1.82) is 0 Å². The van der Waals surface area contributed by atoms with E-state index in [0.717, 1.165) is 31.9 Å². The largest absolute Gasteiger partial charge is 0.481 e. The summed E-state index contributed by atoms with van der Waals surface area (Å²) < 4.78 is 13.6. The average molecular weight is 381 g/mol. The van der Waals surface area contributed by atoms with Crippen LogP contribution in [0.15, 0.2) is 30.9 Å². The predicted octanol–water partition coefficient (Wildman–Crippen LogP) is 3.46. The highest BCUT2D eigenvalue weighted by Crippen LogP contribution is 2.46. The fourth-order valence-corrected chi connectivity index (χ4v) is 4.94. The molecule has 3 saturated carbocycles. The number of aliphatic carboxylic acids is 1. The number of hydrogen-bond donors (Lipinski definition) is 3. The summed E-state index contributed by atoms with van der Waals surface area (Å²) >= 11 is 0. The molecule has 144 valence electrons. The van der Waals surface area contributed by atoms with Gasteiger partial charge in [-0.25, -0.2) is 14.4 Å². The highest BCUT2D eigenvalue weighted by atomic mass is 19.1. The van der Waals surface area contributed by atoms with Crippen LogP contribution in [0.25, 0.3) is 22.3 Å². The molecule has 2 bridgehead atoms. The Morgan fingerprint density at radius 2 is 1.96 bits per heavy atom. The molecular weight excluding hydrogens is 361 g/mol. The van der Waals surface area contributed by atoms with E-state index < -0.39 is 17.7 Å². The van der Waals surface area contributed by atoms with E-state index in [2.05, 4.69) is 25.3 Å². The van der Waals surface area contributed by atoms with Gasteiger partial charge in [0.2, 0.25) is 0 Å². The second-order valence-electron chi connectivity index (χ2n) is 7.75. The van der Waals surface area contributed by atoms with E-state index in [0.29, 0.717) is 34.0 Å². The normalized spacial score (nSPS) is 26.5. The first kappa shape index (κ1) is 17.1. The molecule has 3 heterocycles. The van der Waals surface area contributed by atoms with E-state index in [4.69, 9.17) is 0 Å². The Balaban J connectivity index is 1.47. The van der Waals surface area contributed by atoms with Crippen molar-refractivity contribution in [2.24, 2.45) is 17.8 Å². The van der Waals surface area contributed by atoms with Gasteiger partial charge in [0.15, 0.2) is 0 Å². The lowest BCUT2D eigenvalue weighted by Gasteiger charge is -2.47. The second-order valence-corrected chi connectivity index (χ2v) is 7.75. The number of aromatic nitrogens is 4. The van der Waals surface area contributed by atoms with Gasteiger partial charge in [-0.05, 0) is 43.6 Å². The highest BCUT2D eigenvalue weighted by molar-refractivity contribution is 5.92. The van der Waals surface area contributed by atoms with E-state index in [-0.39, 0.29) is 12.0 Å². The van der Waals surface area contributed by atoms with Crippen LogP contribution in [0, 0.1) is 23.6 Å². The summed E-state index contributed by atoms with van der Waals surface area (Å²) in [5.41, 5.74) is 1.86. The Labute approximate surface area is 160 Å². The first-order valence-corrected chi connectivity index (χ1v) is 9.54. The number of nitrogens with one attached hydrogen (secondary N) is 2. The molecule has 3 fully saturated rings. The van der Waals surface area contributed by atoms with Gasteiger partial charge in [0.1, 0.15) is 17.3 Å². The van der Waals surface area contributed by atoms with Crippen LogP contribution < -0.4 is 5.32 Å². The van der Waals surface area contributed by atoms with Gasteiger partial charge < -0.3 is 15.4 Å². The molecule has 28 heavy (non-hydrogen) atoms. The third kappa shape index (κ3) is 2.80. The number of pyridine rings is 1. The average Bonchev–Trinajstić information content (AvgIpc) is 3.12. The standard InChI is InChI=1S/C20H20FN5O2/c21-12-5-13-14(7-24-19(13)23-6-12)15-8-22-9-16(25-15)26-18-11-3-1-10(2-4-11)17(18)20(27)28/h5-11,17-18H,1-4H2,(H,23,24)(H,25,26)(H,27,28)/t10?,11?,17-,18-/m0/s1. The number of carboxylic acids is 1. The summed E-state index contributed by atoms with van der Waals surface area (Å²) in [7, 11) is 0. The summed E-state index contributed by atoms with van der Waals surface area (Å²) in [6.45, 7) is 0. The summed E-state index contributed by atoms with van der Waals surface area (Å²) in [6, 6.07) is 1.27. The molecule has 3 aromatic rings. The van der Waals surface area contributed by atoms with E-state index in [1.165, 1.54) is 6.07 Å². The number of carboxylic acid groups (broad SMARTS) is 1. The first-order valence-electron chi connectivity index (χ1n) is 9.54. The minimum absolute atomic E-state index is 0.142. The van der Waals surface area contributed by atoms with Gasteiger partial charge in [-0.3, -0.25) is 9.78 Å². The van der Waals surface area contributed by atoms with E-state index in [1.54, 1.807) is 18.6 Å². The molecule has 3 aliphatic carbocycles. The van der Waals surface area contributed by atoms with Crippen LogP contribution >= 0.6 is 0 Å². The third-order valence-electron chi connectivity index (χ3n) is 6.23. The van der Waals surface area contributed by atoms with Crippen LogP contribution in [0.1, 0.15) is 25.7 Å². The minimum atomic E-state index is -0.741. The van der Waals surface area contributed by atoms with Gasteiger partial charge in [-0.2, -0.15) is 0 Å². The molecule has 0 amide bonds. The maximum atomic E-state index is 13.6. The van der Waals surface area contributed by atoms with Crippen LogP contribution in [-0.2, 0) is 4.79 Å². The van der Waals surface area contributed by atoms with Gasteiger partial charge in [-0.1, -0.05) is 0 Å². The number of aromatic amines is 1. The molecule has 3 aliphatic rings. The zero-order chi connectivity index (χ0) is 19.3. The SMILES string of the molecule is O=C(O)[C@H]1C2CCC(CC2)[C@@H]1Nc1cncc(-c2c[nH]c3ncc(F)cc23)n1. The molecule has 0 spiro atoms. The molecule has 6 rings (SSSR count). The maximum absolute atomic E-state index is 13.6. The molecule has 7 nitrogen and oxygen atoms in total. The molecule has 3 N–H and O–H groups in total. The Morgan fingerprint density at radius 3 is 2.75 bits per heavy atom. The number of rotatable bonds is 4. The Morgan fingerprint density at radius 1 is 1.18 bits per heavy atom. The molecule has 0 unspecified atom stereocenters. The number of fused-ring (bicyclic) bond motifs is 4. The van der Waals surface area contributed by atoms with Crippen molar-refractivity contribution in [3.8, 4) is 11.3 Å². The molecule has 0 saturated heterocycles. The quantitative estimate of drug-likeness (QED) is 0.639. The van der Waals surface area contributed by atoms with Gasteiger partial charge in [-0.15, -0.1) is 0 Å². The number of halogens is 1. The Bertz CT molecular complexity index is 1040. The maximum Gasteiger partial charge on any atom is 0.308 e. The van der Waals surface area contributed by atoms with Crippen molar-refractivity contribution in [3.63, 3.8) is 0 Å². The topological polar surface area (TPSA) is 104 Å². The number of carbonyl (C=O) groups is 1. The lowest BCUT2D eigenvalue weighted by molar-refractivity contribution is -0.148. The smallest absolute Gasteiger partial charge is 0.308 e.